The number of aromatic hydroxyl groups is 2. The van der Waals surface area contributed by atoms with Gasteiger partial charge in [-0.05, 0) is 17.7 Å². The molecule has 1 rings (SSSR count). The van der Waals surface area contributed by atoms with E-state index in [0.29, 0.717) is 6.42 Å². The lowest BCUT2D eigenvalue weighted by molar-refractivity contribution is 0.350. The molecule has 0 spiro atoms. The Kier molecular flexibility index (Phi) is 2.65. The van der Waals surface area contributed by atoms with Crippen molar-refractivity contribution in [3.8, 4) is 29.6 Å². The number of hydrogen-bond acceptors (Lipinski definition) is 3. The Morgan fingerprint density at radius 2 is 2.15 bits per heavy atom. The first-order chi connectivity index (χ1) is 6.19. The van der Waals surface area contributed by atoms with Gasteiger partial charge < -0.3 is 14.9 Å². The van der Waals surface area contributed by atoms with E-state index in [-0.39, 0.29) is 17.2 Å². The number of benzene rings is 1. The van der Waals surface area contributed by atoms with Crippen LogP contribution >= 0.6 is 0 Å². The van der Waals surface area contributed by atoms with Gasteiger partial charge in [0.25, 0.3) is 0 Å². The van der Waals surface area contributed by atoms with Crippen LogP contribution in [-0.4, -0.2) is 17.3 Å². The zero-order valence-electron chi connectivity index (χ0n) is 7.24. The standard InChI is InChI=1S/C10H10O3/c1-3-4-7-5-8(11)10(12)9(6-7)13-2/h1,5-6,11-12H,4H2,2H3. The Labute approximate surface area is 76.6 Å². The molecule has 0 aliphatic carbocycles. The molecule has 3 nitrogen and oxygen atoms in total. The molecule has 0 aliphatic rings. The van der Waals surface area contributed by atoms with Crippen molar-refractivity contribution in [2.24, 2.45) is 0 Å². The van der Waals surface area contributed by atoms with Crippen molar-refractivity contribution in [2.45, 2.75) is 6.42 Å². The summed E-state index contributed by atoms with van der Waals surface area (Å²) in [6, 6.07) is 3.01. The number of phenols is 2. The molecule has 0 radical (unpaired) electrons. The maximum atomic E-state index is 9.26. The summed E-state index contributed by atoms with van der Waals surface area (Å²) in [4.78, 5) is 0. The predicted octanol–water partition coefficient (Wildman–Crippen LogP) is 1.28. The molecule has 0 heterocycles. The monoisotopic (exact) mass is 178 g/mol. The Balaban J connectivity index is 3.16. The van der Waals surface area contributed by atoms with Crippen LogP contribution in [-0.2, 0) is 6.42 Å². The summed E-state index contributed by atoms with van der Waals surface area (Å²) >= 11 is 0. The van der Waals surface area contributed by atoms with E-state index in [1.54, 1.807) is 6.07 Å². The Hall–Kier alpha value is -1.82. The van der Waals surface area contributed by atoms with Gasteiger partial charge in [-0.15, -0.1) is 12.3 Å². The number of hydrogen-bond donors (Lipinski definition) is 2. The zero-order chi connectivity index (χ0) is 9.84. The Morgan fingerprint density at radius 3 is 2.69 bits per heavy atom. The van der Waals surface area contributed by atoms with Gasteiger partial charge in [0.15, 0.2) is 11.5 Å². The summed E-state index contributed by atoms with van der Waals surface area (Å²) in [5.74, 6) is 2.18. The maximum absolute atomic E-state index is 9.26. The summed E-state index contributed by atoms with van der Waals surface area (Å²) in [5, 5.41) is 18.5. The average Bonchev–Trinajstić information content (AvgIpc) is 2.11. The lowest BCUT2D eigenvalue weighted by Gasteiger charge is -2.06. The molecule has 0 aromatic heterocycles. The zero-order valence-corrected chi connectivity index (χ0v) is 7.24. The van der Waals surface area contributed by atoms with E-state index in [2.05, 4.69) is 5.92 Å². The van der Waals surface area contributed by atoms with Gasteiger partial charge in [-0.2, -0.15) is 0 Å². The third-order valence-corrected chi connectivity index (χ3v) is 1.64. The molecular formula is C10H10O3. The average molecular weight is 178 g/mol. The van der Waals surface area contributed by atoms with Crippen LogP contribution < -0.4 is 4.74 Å². The first-order valence-corrected chi connectivity index (χ1v) is 3.71. The summed E-state index contributed by atoms with van der Waals surface area (Å²) in [6.45, 7) is 0. The molecule has 1 aromatic carbocycles. The van der Waals surface area contributed by atoms with Crippen LogP contribution in [0.2, 0.25) is 0 Å². The van der Waals surface area contributed by atoms with Crippen LogP contribution in [0.1, 0.15) is 5.56 Å². The van der Waals surface area contributed by atoms with Crippen LogP contribution in [0.15, 0.2) is 12.1 Å². The lowest BCUT2D eigenvalue weighted by atomic mass is 10.1. The molecule has 0 atom stereocenters. The molecule has 0 saturated carbocycles. The topological polar surface area (TPSA) is 49.7 Å². The van der Waals surface area contributed by atoms with E-state index in [0.717, 1.165) is 5.56 Å². The number of phenolic OH excluding ortho intramolecular Hbond substituents is 2. The molecule has 0 amide bonds. The van der Waals surface area contributed by atoms with Gasteiger partial charge in [-0.1, -0.05) is 0 Å². The third kappa shape index (κ3) is 1.85. The van der Waals surface area contributed by atoms with Gasteiger partial charge in [0.1, 0.15) is 0 Å². The van der Waals surface area contributed by atoms with Gasteiger partial charge in [0.05, 0.1) is 7.11 Å². The van der Waals surface area contributed by atoms with E-state index >= 15 is 0 Å². The van der Waals surface area contributed by atoms with Crippen molar-refractivity contribution >= 4 is 0 Å². The fourth-order valence-corrected chi connectivity index (χ4v) is 1.02. The van der Waals surface area contributed by atoms with Crippen molar-refractivity contribution in [2.75, 3.05) is 7.11 Å². The highest BCUT2D eigenvalue weighted by Crippen LogP contribution is 2.36. The molecule has 0 bridgehead atoms. The van der Waals surface area contributed by atoms with Crippen molar-refractivity contribution in [1.29, 1.82) is 0 Å². The minimum atomic E-state index is -0.261. The smallest absolute Gasteiger partial charge is 0.200 e. The fraction of sp³-hybridized carbons (Fsp3) is 0.200. The summed E-state index contributed by atoms with van der Waals surface area (Å²) < 4.78 is 4.83. The van der Waals surface area contributed by atoms with Crippen LogP contribution in [0, 0.1) is 12.3 Å². The lowest BCUT2D eigenvalue weighted by Crippen LogP contribution is -1.88. The van der Waals surface area contributed by atoms with Gasteiger partial charge >= 0.3 is 0 Å². The quantitative estimate of drug-likeness (QED) is 0.529. The van der Waals surface area contributed by atoms with Crippen molar-refractivity contribution in [1.82, 2.24) is 0 Å². The largest absolute Gasteiger partial charge is 0.504 e. The number of ether oxygens (including phenoxy) is 1. The van der Waals surface area contributed by atoms with Crippen molar-refractivity contribution < 1.29 is 14.9 Å². The maximum Gasteiger partial charge on any atom is 0.200 e. The fourth-order valence-electron chi connectivity index (χ4n) is 1.02. The minimum absolute atomic E-state index is 0.218. The molecule has 0 unspecified atom stereocenters. The summed E-state index contributed by atoms with van der Waals surface area (Å²) in [7, 11) is 1.41. The molecule has 3 heteroatoms. The third-order valence-electron chi connectivity index (χ3n) is 1.64. The molecule has 68 valence electrons. The first kappa shape index (κ1) is 9.27. The predicted molar refractivity (Wildman–Crippen MR) is 48.9 cm³/mol. The second kappa shape index (κ2) is 3.72. The molecule has 0 saturated heterocycles. The number of rotatable bonds is 2. The Bertz CT molecular complexity index is 350. The van der Waals surface area contributed by atoms with E-state index in [4.69, 9.17) is 11.2 Å². The number of methoxy groups -OCH3 is 1. The highest BCUT2D eigenvalue weighted by molar-refractivity contribution is 5.52. The summed E-state index contributed by atoms with van der Waals surface area (Å²) in [5.41, 5.74) is 0.731. The van der Waals surface area contributed by atoms with Gasteiger partial charge in [-0.25, -0.2) is 0 Å². The normalized spacial score (nSPS) is 9.23. The summed E-state index contributed by atoms with van der Waals surface area (Å²) in [6.07, 6.45) is 5.50. The van der Waals surface area contributed by atoms with Crippen LogP contribution in [0.25, 0.3) is 0 Å². The second-order valence-electron chi connectivity index (χ2n) is 2.55. The van der Waals surface area contributed by atoms with Gasteiger partial charge in [0, 0.05) is 6.42 Å². The Morgan fingerprint density at radius 1 is 1.46 bits per heavy atom. The van der Waals surface area contributed by atoms with E-state index in [9.17, 15) is 10.2 Å². The van der Waals surface area contributed by atoms with Crippen LogP contribution in [0.3, 0.4) is 0 Å². The van der Waals surface area contributed by atoms with Gasteiger partial charge in [0.2, 0.25) is 5.75 Å². The SMILES string of the molecule is C#CCc1cc(O)c(O)c(OC)c1. The highest BCUT2D eigenvalue weighted by atomic mass is 16.5. The molecule has 2 N–H and O–H groups in total. The molecule has 13 heavy (non-hydrogen) atoms. The first-order valence-electron chi connectivity index (χ1n) is 3.71. The van der Waals surface area contributed by atoms with E-state index < -0.39 is 0 Å². The van der Waals surface area contributed by atoms with Crippen LogP contribution in [0.4, 0.5) is 0 Å². The molecule has 0 fully saturated rings. The van der Waals surface area contributed by atoms with E-state index in [1.807, 2.05) is 0 Å². The minimum Gasteiger partial charge on any atom is -0.504 e. The molecular weight excluding hydrogens is 168 g/mol. The van der Waals surface area contributed by atoms with Crippen molar-refractivity contribution in [3.05, 3.63) is 17.7 Å². The number of terminal acetylenes is 1. The molecule has 1 aromatic rings. The van der Waals surface area contributed by atoms with E-state index in [1.165, 1.54) is 13.2 Å². The van der Waals surface area contributed by atoms with Crippen LogP contribution in [0.5, 0.6) is 17.2 Å². The second-order valence-corrected chi connectivity index (χ2v) is 2.55. The van der Waals surface area contributed by atoms with Crippen molar-refractivity contribution in [3.63, 3.8) is 0 Å². The van der Waals surface area contributed by atoms with Gasteiger partial charge in [-0.3, -0.25) is 0 Å². The molecule has 0 aliphatic heterocycles. The highest BCUT2D eigenvalue weighted by Gasteiger charge is 2.08.